The van der Waals surface area contributed by atoms with Gasteiger partial charge in [-0.25, -0.2) is 4.79 Å². The topological polar surface area (TPSA) is 75.6 Å². The number of aliphatic carboxylic acids is 1. The molecule has 0 aliphatic rings. The van der Waals surface area contributed by atoms with Crippen LogP contribution >= 0.6 is 0 Å². The maximum atomic E-state index is 13.0. The van der Waals surface area contributed by atoms with Crippen molar-refractivity contribution < 1.29 is 19.4 Å². The predicted molar refractivity (Wildman–Crippen MR) is 140 cm³/mol. The first-order chi connectivity index (χ1) is 17.6. The molecule has 0 saturated heterocycles. The molecule has 4 aromatic carbocycles. The third kappa shape index (κ3) is 7.06. The number of rotatable bonds is 11. The van der Waals surface area contributed by atoms with Crippen LogP contribution in [0.2, 0.25) is 0 Å². The van der Waals surface area contributed by atoms with Crippen LogP contribution < -0.4 is 10.1 Å². The Labute approximate surface area is 211 Å². The maximum absolute atomic E-state index is 13.0. The summed E-state index contributed by atoms with van der Waals surface area (Å²) >= 11 is 0. The Morgan fingerprint density at radius 2 is 1.22 bits per heavy atom. The van der Waals surface area contributed by atoms with Gasteiger partial charge < -0.3 is 15.2 Å². The fraction of sp³-hybridized carbons (Fsp3) is 0.161. The summed E-state index contributed by atoms with van der Waals surface area (Å²) in [7, 11) is 0. The van der Waals surface area contributed by atoms with Crippen molar-refractivity contribution in [1.29, 1.82) is 0 Å². The van der Waals surface area contributed by atoms with Crippen molar-refractivity contribution in [2.45, 2.75) is 31.4 Å². The molecular formula is C31H29NO4. The minimum absolute atomic E-state index is 0.157. The zero-order valence-corrected chi connectivity index (χ0v) is 19.9. The minimum Gasteiger partial charge on any atom is -0.489 e. The highest BCUT2D eigenvalue weighted by Crippen LogP contribution is 2.28. The number of hydrogen-bond acceptors (Lipinski definition) is 3. The molecule has 1 amide bonds. The van der Waals surface area contributed by atoms with Gasteiger partial charge in [-0.05, 0) is 34.4 Å². The van der Waals surface area contributed by atoms with E-state index in [1.807, 2.05) is 115 Å². The van der Waals surface area contributed by atoms with E-state index in [1.165, 1.54) is 0 Å². The monoisotopic (exact) mass is 479 g/mol. The van der Waals surface area contributed by atoms with Crippen LogP contribution in [-0.2, 0) is 22.6 Å². The zero-order valence-electron chi connectivity index (χ0n) is 19.9. The Hall–Kier alpha value is -4.38. The predicted octanol–water partition coefficient (Wildman–Crippen LogP) is 5.60. The number of carboxylic acid groups (broad SMARTS) is 1. The first kappa shape index (κ1) is 24.7. The average molecular weight is 480 g/mol. The molecule has 4 rings (SSSR count). The first-order valence-electron chi connectivity index (χ1n) is 12.0. The summed E-state index contributed by atoms with van der Waals surface area (Å²) in [6.45, 7) is 0.456. The number of carboxylic acids is 1. The third-order valence-electron chi connectivity index (χ3n) is 6.04. The van der Waals surface area contributed by atoms with Crippen molar-refractivity contribution in [1.82, 2.24) is 5.32 Å². The van der Waals surface area contributed by atoms with Gasteiger partial charge in [0, 0.05) is 18.8 Å². The van der Waals surface area contributed by atoms with E-state index in [1.54, 1.807) is 0 Å². The lowest BCUT2D eigenvalue weighted by molar-refractivity contribution is -0.141. The SMILES string of the molecule is O=C(CC(c1ccccc1)c1ccccc1)N[C@@H](Cc1ccc(OCc2ccccc2)cc1)C(=O)O. The van der Waals surface area contributed by atoms with E-state index in [-0.39, 0.29) is 24.7 Å². The van der Waals surface area contributed by atoms with Gasteiger partial charge in [0.05, 0.1) is 0 Å². The van der Waals surface area contributed by atoms with E-state index < -0.39 is 12.0 Å². The maximum Gasteiger partial charge on any atom is 0.326 e. The molecule has 5 heteroatoms. The molecule has 182 valence electrons. The van der Waals surface area contributed by atoms with Crippen molar-refractivity contribution in [2.24, 2.45) is 0 Å². The van der Waals surface area contributed by atoms with Crippen molar-refractivity contribution in [2.75, 3.05) is 0 Å². The van der Waals surface area contributed by atoms with E-state index in [2.05, 4.69) is 5.32 Å². The average Bonchev–Trinajstić information content (AvgIpc) is 2.92. The molecule has 0 fully saturated rings. The van der Waals surface area contributed by atoms with Gasteiger partial charge in [0.15, 0.2) is 0 Å². The lowest BCUT2D eigenvalue weighted by Gasteiger charge is -2.20. The molecular weight excluding hydrogens is 450 g/mol. The highest BCUT2D eigenvalue weighted by Gasteiger charge is 2.24. The van der Waals surface area contributed by atoms with Crippen molar-refractivity contribution in [3.05, 3.63) is 138 Å². The summed E-state index contributed by atoms with van der Waals surface area (Å²) in [5, 5.41) is 12.5. The van der Waals surface area contributed by atoms with E-state index in [9.17, 15) is 14.7 Å². The third-order valence-corrected chi connectivity index (χ3v) is 6.04. The fourth-order valence-corrected chi connectivity index (χ4v) is 4.14. The van der Waals surface area contributed by atoms with Crippen LogP contribution in [0.4, 0.5) is 0 Å². The molecule has 0 bridgehead atoms. The molecule has 0 aromatic heterocycles. The molecule has 36 heavy (non-hydrogen) atoms. The molecule has 0 heterocycles. The standard InChI is InChI=1S/C31H29NO4/c33-30(21-28(25-12-6-2-7-13-25)26-14-8-3-9-15-26)32-29(31(34)35)20-23-16-18-27(19-17-23)36-22-24-10-4-1-5-11-24/h1-19,28-29H,20-22H2,(H,32,33)(H,34,35)/t29-/m0/s1. The number of nitrogens with one attached hydrogen (secondary N) is 1. The quantitative estimate of drug-likeness (QED) is 0.294. The van der Waals surface area contributed by atoms with Gasteiger partial charge in [-0.15, -0.1) is 0 Å². The van der Waals surface area contributed by atoms with Gasteiger partial charge in [0.2, 0.25) is 5.91 Å². The Morgan fingerprint density at radius 3 is 1.75 bits per heavy atom. The summed E-state index contributed by atoms with van der Waals surface area (Å²) in [6, 6.07) is 35.7. The number of amides is 1. The van der Waals surface area contributed by atoms with Gasteiger partial charge in [-0.1, -0.05) is 103 Å². The van der Waals surface area contributed by atoms with Crippen LogP contribution in [0.15, 0.2) is 115 Å². The van der Waals surface area contributed by atoms with Crippen LogP contribution in [0.3, 0.4) is 0 Å². The van der Waals surface area contributed by atoms with Gasteiger partial charge in [-0.3, -0.25) is 4.79 Å². The van der Waals surface area contributed by atoms with Crippen molar-refractivity contribution in [3.63, 3.8) is 0 Å². The van der Waals surface area contributed by atoms with Crippen molar-refractivity contribution in [3.8, 4) is 5.75 Å². The molecule has 1 atom stereocenters. The van der Waals surface area contributed by atoms with Gasteiger partial charge in [0.1, 0.15) is 18.4 Å². The summed E-state index contributed by atoms with van der Waals surface area (Å²) in [5.74, 6) is -0.832. The second kappa shape index (κ2) is 12.4. The van der Waals surface area contributed by atoms with Crippen LogP contribution in [-0.4, -0.2) is 23.0 Å². The lowest BCUT2D eigenvalue weighted by atomic mass is 9.88. The Morgan fingerprint density at radius 1 is 0.694 bits per heavy atom. The number of benzene rings is 4. The Balaban J connectivity index is 1.38. The Kier molecular flexibility index (Phi) is 8.49. The molecule has 5 nitrogen and oxygen atoms in total. The molecule has 0 saturated carbocycles. The Bertz CT molecular complexity index is 1200. The lowest BCUT2D eigenvalue weighted by Crippen LogP contribution is -2.42. The molecule has 0 aliphatic heterocycles. The highest BCUT2D eigenvalue weighted by atomic mass is 16.5. The van der Waals surface area contributed by atoms with Gasteiger partial charge in [-0.2, -0.15) is 0 Å². The molecule has 0 radical (unpaired) electrons. The number of carbonyl (C=O) groups excluding carboxylic acids is 1. The highest BCUT2D eigenvalue weighted by molar-refractivity contribution is 5.84. The largest absolute Gasteiger partial charge is 0.489 e. The summed E-state index contributed by atoms with van der Waals surface area (Å²) in [4.78, 5) is 24.9. The zero-order chi connectivity index (χ0) is 25.2. The fourth-order valence-electron chi connectivity index (χ4n) is 4.14. The summed E-state index contributed by atoms with van der Waals surface area (Å²) in [6.07, 6.45) is 0.339. The van der Waals surface area contributed by atoms with E-state index in [0.717, 1.165) is 22.3 Å². The van der Waals surface area contributed by atoms with Gasteiger partial charge in [0.25, 0.3) is 0 Å². The van der Waals surface area contributed by atoms with E-state index in [0.29, 0.717) is 12.4 Å². The summed E-state index contributed by atoms with van der Waals surface area (Å²) in [5.41, 5.74) is 3.89. The molecule has 2 N–H and O–H groups in total. The molecule has 0 unspecified atom stereocenters. The molecule has 0 aliphatic carbocycles. The van der Waals surface area contributed by atoms with Crippen LogP contribution in [0.5, 0.6) is 5.75 Å². The first-order valence-corrected chi connectivity index (χ1v) is 12.0. The number of hydrogen-bond donors (Lipinski definition) is 2. The van der Waals surface area contributed by atoms with E-state index >= 15 is 0 Å². The molecule has 0 spiro atoms. The summed E-state index contributed by atoms with van der Waals surface area (Å²) < 4.78 is 5.81. The number of ether oxygens (including phenoxy) is 1. The minimum atomic E-state index is -1.07. The van der Waals surface area contributed by atoms with Crippen molar-refractivity contribution >= 4 is 11.9 Å². The normalized spacial score (nSPS) is 11.6. The number of carbonyl (C=O) groups is 2. The second-order valence-electron chi connectivity index (χ2n) is 8.66. The van der Waals surface area contributed by atoms with E-state index in [4.69, 9.17) is 4.74 Å². The molecule has 4 aromatic rings. The van der Waals surface area contributed by atoms with Gasteiger partial charge >= 0.3 is 5.97 Å². The van der Waals surface area contributed by atoms with Crippen LogP contribution in [0.1, 0.15) is 34.6 Å². The smallest absolute Gasteiger partial charge is 0.326 e. The van der Waals surface area contributed by atoms with Crippen LogP contribution in [0.25, 0.3) is 0 Å². The second-order valence-corrected chi connectivity index (χ2v) is 8.66. The van der Waals surface area contributed by atoms with Crippen LogP contribution in [0, 0.1) is 0 Å².